The molecule has 1 aromatic rings. The van der Waals surface area contributed by atoms with E-state index in [0.717, 1.165) is 19.6 Å². The average Bonchev–Trinajstić information content (AvgIpc) is 2.94. The van der Waals surface area contributed by atoms with Crippen molar-refractivity contribution in [1.82, 2.24) is 4.90 Å². The molecule has 0 amide bonds. The van der Waals surface area contributed by atoms with E-state index in [1.54, 1.807) is 12.1 Å². The molecular formula is C16H23NO2. The van der Waals surface area contributed by atoms with Gasteiger partial charge in [0.2, 0.25) is 5.78 Å². The van der Waals surface area contributed by atoms with Gasteiger partial charge in [-0.25, -0.2) is 0 Å². The van der Waals surface area contributed by atoms with Crippen LogP contribution < -0.4 is 0 Å². The second kappa shape index (κ2) is 7.85. The largest absolute Gasteiger partial charge is 0.299 e. The van der Waals surface area contributed by atoms with Crippen LogP contribution in [0, 0.1) is 0 Å². The first-order valence-corrected chi connectivity index (χ1v) is 7.03. The first kappa shape index (κ1) is 15.6. The smallest absolute Gasteiger partial charge is 0.228 e. The zero-order valence-electron chi connectivity index (χ0n) is 12.1. The molecule has 3 heteroatoms. The summed E-state index contributed by atoms with van der Waals surface area (Å²) in [5.41, 5.74) is 1.69. The van der Waals surface area contributed by atoms with Gasteiger partial charge in [-0.05, 0) is 31.5 Å². The number of nitrogens with zero attached hydrogens (tertiary/aromatic N) is 1. The van der Waals surface area contributed by atoms with E-state index in [2.05, 4.69) is 4.90 Å². The molecule has 104 valence electrons. The van der Waals surface area contributed by atoms with Crippen molar-refractivity contribution in [2.75, 3.05) is 13.1 Å². The zero-order chi connectivity index (χ0) is 14.3. The molecule has 3 nitrogen and oxygen atoms in total. The average molecular weight is 261 g/mol. The first-order chi connectivity index (χ1) is 9.16. The van der Waals surface area contributed by atoms with Gasteiger partial charge in [0.15, 0.2) is 5.78 Å². The SMILES string of the molecule is CC.CC(=O)C(=O)c1ccc(CN2CCCC2)cc1. The van der Waals surface area contributed by atoms with Crippen LogP contribution in [0.25, 0.3) is 0 Å². The maximum atomic E-state index is 11.4. The lowest BCUT2D eigenvalue weighted by Crippen LogP contribution is -2.18. The Morgan fingerprint density at radius 3 is 2.05 bits per heavy atom. The number of likely N-dealkylation sites (tertiary alicyclic amines) is 1. The van der Waals surface area contributed by atoms with E-state index in [-0.39, 0.29) is 0 Å². The number of rotatable bonds is 4. The van der Waals surface area contributed by atoms with Crippen molar-refractivity contribution < 1.29 is 9.59 Å². The van der Waals surface area contributed by atoms with Crippen LogP contribution >= 0.6 is 0 Å². The molecule has 0 aliphatic carbocycles. The summed E-state index contributed by atoms with van der Waals surface area (Å²) in [6.45, 7) is 8.57. The van der Waals surface area contributed by atoms with Crippen molar-refractivity contribution in [1.29, 1.82) is 0 Å². The fourth-order valence-corrected chi connectivity index (χ4v) is 2.16. The number of benzene rings is 1. The fraction of sp³-hybridized carbons (Fsp3) is 0.500. The number of Topliss-reactive ketones (excluding diaryl/α,β-unsaturated/α-hetero) is 2. The molecule has 0 atom stereocenters. The van der Waals surface area contributed by atoms with Crippen molar-refractivity contribution in [3.63, 3.8) is 0 Å². The quantitative estimate of drug-likeness (QED) is 0.617. The molecule has 0 spiro atoms. The van der Waals surface area contributed by atoms with Crippen LogP contribution in [-0.2, 0) is 11.3 Å². The minimum Gasteiger partial charge on any atom is -0.299 e. The lowest BCUT2D eigenvalue weighted by molar-refractivity contribution is -0.113. The fourth-order valence-electron chi connectivity index (χ4n) is 2.16. The van der Waals surface area contributed by atoms with Gasteiger partial charge < -0.3 is 0 Å². The summed E-state index contributed by atoms with van der Waals surface area (Å²) in [4.78, 5) is 24.8. The first-order valence-electron chi connectivity index (χ1n) is 7.03. The van der Waals surface area contributed by atoms with E-state index < -0.39 is 11.6 Å². The van der Waals surface area contributed by atoms with E-state index in [4.69, 9.17) is 0 Å². The molecule has 0 radical (unpaired) electrons. The zero-order valence-corrected chi connectivity index (χ0v) is 12.1. The number of hydrogen-bond acceptors (Lipinski definition) is 3. The number of hydrogen-bond donors (Lipinski definition) is 0. The standard InChI is InChI=1S/C14H17NO2.C2H6/c1-11(16)14(17)13-6-4-12(5-7-13)10-15-8-2-3-9-15;1-2/h4-7H,2-3,8-10H2,1H3;1-2H3. The van der Waals surface area contributed by atoms with Crippen LogP contribution in [0.15, 0.2) is 24.3 Å². The molecule has 0 unspecified atom stereocenters. The lowest BCUT2D eigenvalue weighted by atomic mass is 10.1. The van der Waals surface area contributed by atoms with E-state index in [0.29, 0.717) is 5.56 Å². The van der Waals surface area contributed by atoms with Crippen LogP contribution in [0.2, 0.25) is 0 Å². The number of carbonyl (C=O) groups is 2. The minimum atomic E-state index is -0.405. The third kappa shape index (κ3) is 4.60. The summed E-state index contributed by atoms with van der Waals surface area (Å²) in [7, 11) is 0. The van der Waals surface area contributed by atoms with Crippen molar-refractivity contribution in [3.8, 4) is 0 Å². The molecule has 2 rings (SSSR count). The van der Waals surface area contributed by atoms with Crippen molar-refractivity contribution in [3.05, 3.63) is 35.4 Å². The van der Waals surface area contributed by atoms with Gasteiger partial charge in [-0.3, -0.25) is 14.5 Å². The Bertz CT molecular complexity index is 417. The molecule has 1 fully saturated rings. The van der Waals surface area contributed by atoms with E-state index in [9.17, 15) is 9.59 Å². The predicted molar refractivity (Wildman–Crippen MR) is 77.3 cm³/mol. The van der Waals surface area contributed by atoms with Crippen LogP contribution in [0.4, 0.5) is 0 Å². The lowest BCUT2D eigenvalue weighted by Gasteiger charge is -2.14. The topological polar surface area (TPSA) is 37.4 Å². The highest BCUT2D eigenvalue weighted by atomic mass is 16.2. The summed E-state index contributed by atoms with van der Waals surface area (Å²) >= 11 is 0. The highest BCUT2D eigenvalue weighted by Crippen LogP contribution is 2.13. The normalized spacial score (nSPS) is 14.7. The van der Waals surface area contributed by atoms with Crippen molar-refractivity contribution in [2.45, 2.75) is 40.2 Å². The molecular weight excluding hydrogens is 238 g/mol. The molecule has 1 heterocycles. The van der Waals surface area contributed by atoms with E-state index >= 15 is 0 Å². The van der Waals surface area contributed by atoms with Gasteiger partial charge in [0, 0.05) is 19.0 Å². The monoisotopic (exact) mass is 261 g/mol. The van der Waals surface area contributed by atoms with Crippen LogP contribution in [0.5, 0.6) is 0 Å². The predicted octanol–water partition coefficient (Wildman–Crippen LogP) is 3.08. The van der Waals surface area contributed by atoms with Gasteiger partial charge in [0.25, 0.3) is 0 Å². The minimum absolute atomic E-state index is 0.405. The van der Waals surface area contributed by atoms with Crippen molar-refractivity contribution in [2.24, 2.45) is 0 Å². The second-order valence-electron chi connectivity index (χ2n) is 4.57. The number of carbonyl (C=O) groups excluding carboxylic acids is 2. The van der Waals surface area contributed by atoms with Gasteiger partial charge in [0.1, 0.15) is 0 Å². The molecule has 0 N–H and O–H groups in total. The Labute approximate surface area is 115 Å². The second-order valence-corrected chi connectivity index (χ2v) is 4.57. The third-order valence-electron chi connectivity index (χ3n) is 3.14. The Kier molecular flexibility index (Phi) is 6.43. The molecule has 1 aliphatic heterocycles. The van der Waals surface area contributed by atoms with E-state index in [1.165, 1.54) is 25.3 Å². The maximum Gasteiger partial charge on any atom is 0.228 e. The molecule has 1 aromatic carbocycles. The molecule has 1 saturated heterocycles. The Balaban J connectivity index is 0.000000861. The van der Waals surface area contributed by atoms with E-state index in [1.807, 2.05) is 26.0 Å². The highest BCUT2D eigenvalue weighted by Gasteiger charge is 2.13. The molecule has 1 aliphatic rings. The van der Waals surface area contributed by atoms with Gasteiger partial charge in [-0.15, -0.1) is 0 Å². The van der Waals surface area contributed by atoms with Crippen LogP contribution in [0.1, 0.15) is 49.5 Å². The summed E-state index contributed by atoms with van der Waals surface area (Å²) in [6.07, 6.45) is 2.56. The Morgan fingerprint density at radius 1 is 1.05 bits per heavy atom. The summed E-state index contributed by atoms with van der Waals surface area (Å²) in [5, 5.41) is 0. The molecule has 0 bridgehead atoms. The third-order valence-corrected chi connectivity index (χ3v) is 3.14. The summed E-state index contributed by atoms with van der Waals surface area (Å²) in [5.74, 6) is -0.810. The van der Waals surface area contributed by atoms with Crippen LogP contribution in [-0.4, -0.2) is 29.6 Å². The summed E-state index contributed by atoms with van der Waals surface area (Å²) < 4.78 is 0. The van der Waals surface area contributed by atoms with Crippen LogP contribution in [0.3, 0.4) is 0 Å². The maximum absolute atomic E-state index is 11.4. The van der Waals surface area contributed by atoms with Crippen molar-refractivity contribution >= 4 is 11.6 Å². The van der Waals surface area contributed by atoms with Gasteiger partial charge in [-0.2, -0.15) is 0 Å². The highest BCUT2D eigenvalue weighted by molar-refractivity contribution is 6.42. The van der Waals surface area contributed by atoms with Gasteiger partial charge in [0.05, 0.1) is 0 Å². The molecule has 0 saturated carbocycles. The van der Waals surface area contributed by atoms with Gasteiger partial charge in [-0.1, -0.05) is 38.1 Å². The Morgan fingerprint density at radius 2 is 1.58 bits per heavy atom. The molecule has 19 heavy (non-hydrogen) atoms. The Hall–Kier alpha value is -1.48. The summed E-state index contributed by atoms with van der Waals surface area (Å²) in [6, 6.07) is 7.37. The number of ketones is 2. The van der Waals surface area contributed by atoms with Gasteiger partial charge >= 0.3 is 0 Å². The molecule has 0 aromatic heterocycles.